The van der Waals surface area contributed by atoms with E-state index in [0.29, 0.717) is 13.1 Å². The average Bonchev–Trinajstić information content (AvgIpc) is 2.93. The molecule has 1 aromatic heterocycles. The molecule has 0 atom stereocenters. The van der Waals surface area contributed by atoms with Crippen molar-refractivity contribution in [3.8, 4) is 0 Å². The Kier molecular flexibility index (Phi) is 5.41. The average molecular weight is 301 g/mol. The lowest BCUT2D eigenvalue weighted by Crippen LogP contribution is -2.40. The van der Waals surface area contributed by atoms with Crippen molar-refractivity contribution in [3.05, 3.63) is 48.3 Å². The molecule has 1 N–H and O–H groups in total. The minimum absolute atomic E-state index is 0.0784. The van der Waals surface area contributed by atoms with Crippen molar-refractivity contribution >= 4 is 11.7 Å². The number of anilines is 1. The van der Waals surface area contributed by atoms with E-state index in [1.165, 1.54) is 0 Å². The largest absolute Gasteiger partial charge is 0.373 e. The van der Waals surface area contributed by atoms with E-state index in [9.17, 15) is 4.79 Å². The van der Waals surface area contributed by atoms with Crippen LogP contribution in [0.4, 0.5) is 10.5 Å². The third-order valence-corrected chi connectivity index (χ3v) is 3.45. The summed E-state index contributed by atoms with van der Waals surface area (Å²) in [6.45, 7) is 1.91. The second-order valence-electron chi connectivity index (χ2n) is 5.37. The summed E-state index contributed by atoms with van der Waals surface area (Å²) in [6, 6.07) is 10.0. The number of nitrogens with zero attached hydrogens (tertiary/aromatic N) is 4. The number of benzene rings is 1. The molecule has 0 aliphatic carbocycles. The summed E-state index contributed by atoms with van der Waals surface area (Å²) < 4.78 is 1.73. The molecule has 0 aliphatic heterocycles. The van der Waals surface area contributed by atoms with Crippen molar-refractivity contribution in [3.63, 3.8) is 0 Å². The van der Waals surface area contributed by atoms with Gasteiger partial charge in [0.2, 0.25) is 0 Å². The fourth-order valence-corrected chi connectivity index (χ4v) is 2.18. The van der Waals surface area contributed by atoms with Crippen molar-refractivity contribution in [2.45, 2.75) is 6.54 Å². The maximum absolute atomic E-state index is 12.0. The van der Waals surface area contributed by atoms with Crippen LogP contribution in [0, 0.1) is 0 Å². The van der Waals surface area contributed by atoms with Crippen LogP contribution in [0.25, 0.3) is 0 Å². The van der Waals surface area contributed by atoms with Gasteiger partial charge in [0.05, 0.1) is 12.7 Å². The number of amides is 2. The summed E-state index contributed by atoms with van der Waals surface area (Å²) in [5.74, 6) is 0. The first-order valence-electron chi connectivity index (χ1n) is 7.29. The van der Waals surface area contributed by atoms with Crippen LogP contribution in [0.2, 0.25) is 0 Å². The van der Waals surface area contributed by atoms with Gasteiger partial charge in [-0.05, 0) is 12.1 Å². The van der Waals surface area contributed by atoms with Gasteiger partial charge in [0.15, 0.2) is 0 Å². The summed E-state index contributed by atoms with van der Waals surface area (Å²) >= 11 is 0. The molecule has 0 fully saturated rings. The number of urea groups is 1. The second kappa shape index (κ2) is 7.49. The van der Waals surface area contributed by atoms with Crippen molar-refractivity contribution in [1.29, 1.82) is 0 Å². The third-order valence-electron chi connectivity index (χ3n) is 3.45. The fourth-order valence-electron chi connectivity index (χ4n) is 2.18. The molecular weight excluding hydrogens is 278 g/mol. The number of likely N-dealkylation sites (N-methyl/N-ethyl adjacent to an activating group) is 1. The zero-order valence-electron chi connectivity index (χ0n) is 13.4. The zero-order valence-corrected chi connectivity index (χ0v) is 13.4. The Morgan fingerprint density at radius 2 is 2.00 bits per heavy atom. The standard InChI is InChI=1S/C16H23N5O/c1-19(15-7-5-4-6-8-15)10-9-17-16(22)20(2)12-14-11-18-21(3)13-14/h4-8,11,13H,9-10,12H2,1-3H3,(H,17,22). The van der Waals surface area contributed by atoms with Crippen molar-refractivity contribution in [2.24, 2.45) is 7.05 Å². The first-order chi connectivity index (χ1) is 10.6. The second-order valence-corrected chi connectivity index (χ2v) is 5.37. The molecule has 0 radical (unpaired) electrons. The normalized spacial score (nSPS) is 10.3. The van der Waals surface area contributed by atoms with Gasteiger partial charge in [0.1, 0.15) is 0 Å². The minimum atomic E-state index is -0.0784. The first-order valence-corrected chi connectivity index (χ1v) is 7.29. The molecule has 1 heterocycles. The van der Waals surface area contributed by atoms with Crippen LogP contribution in [0.1, 0.15) is 5.56 Å². The molecule has 1 aromatic carbocycles. The highest BCUT2D eigenvalue weighted by atomic mass is 16.2. The van der Waals surface area contributed by atoms with E-state index >= 15 is 0 Å². The predicted molar refractivity (Wildman–Crippen MR) is 87.8 cm³/mol. The van der Waals surface area contributed by atoms with Crippen molar-refractivity contribution in [1.82, 2.24) is 20.0 Å². The van der Waals surface area contributed by atoms with Crippen LogP contribution in [0.5, 0.6) is 0 Å². The number of hydrogen-bond acceptors (Lipinski definition) is 3. The molecule has 6 nitrogen and oxygen atoms in total. The van der Waals surface area contributed by atoms with E-state index < -0.39 is 0 Å². The van der Waals surface area contributed by atoms with Crippen molar-refractivity contribution < 1.29 is 4.79 Å². The molecular formula is C16H23N5O. The number of aryl methyl sites for hydroxylation is 1. The Bertz CT molecular complexity index is 596. The zero-order chi connectivity index (χ0) is 15.9. The molecule has 0 unspecified atom stereocenters. The van der Waals surface area contributed by atoms with Crippen LogP contribution in [-0.2, 0) is 13.6 Å². The van der Waals surface area contributed by atoms with Crippen LogP contribution < -0.4 is 10.2 Å². The summed E-state index contributed by atoms with van der Waals surface area (Å²) in [6.07, 6.45) is 3.68. The number of rotatable bonds is 6. The number of carbonyl (C=O) groups excluding carboxylic acids is 1. The number of aromatic nitrogens is 2. The molecule has 0 aliphatic rings. The summed E-state index contributed by atoms with van der Waals surface area (Å²) in [4.78, 5) is 15.8. The lowest BCUT2D eigenvalue weighted by Gasteiger charge is -2.21. The Hall–Kier alpha value is -2.50. The number of para-hydroxylation sites is 1. The Morgan fingerprint density at radius 1 is 1.27 bits per heavy atom. The Balaban J connectivity index is 1.73. The molecule has 2 rings (SSSR count). The van der Waals surface area contributed by atoms with Gasteiger partial charge in [-0.15, -0.1) is 0 Å². The van der Waals surface area contributed by atoms with Crippen LogP contribution in [0.15, 0.2) is 42.7 Å². The van der Waals surface area contributed by atoms with E-state index in [4.69, 9.17) is 0 Å². The minimum Gasteiger partial charge on any atom is -0.373 e. The first kappa shape index (κ1) is 15.9. The van der Waals surface area contributed by atoms with E-state index in [2.05, 4.69) is 27.4 Å². The maximum Gasteiger partial charge on any atom is 0.317 e. The molecule has 0 saturated carbocycles. The van der Waals surface area contributed by atoms with Gasteiger partial charge >= 0.3 is 6.03 Å². The fraction of sp³-hybridized carbons (Fsp3) is 0.375. The van der Waals surface area contributed by atoms with Gasteiger partial charge in [-0.2, -0.15) is 5.10 Å². The molecule has 2 aromatic rings. The Morgan fingerprint density at radius 3 is 2.64 bits per heavy atom. The molecule has 0 bridgehead atoms. The molecule has 0 saturated heterocycles. The lowest BCUT2D eigenvalue weighted by atomic mass is 10.3. The number of hydrogen-bond donors (Lipinski definition) is 1. The summed E-state index contributed by atoms with van der Waals surface area (Å²) in [7, 11) is 5.66. The highest BCUT2D eigenvalue weighted by molar-refractivity contribution is 5.73. The van der Waals surface area contributed by atoms with E-state index in [0.717, 1.165) is 17.8 Å². The van der Waals surface area contributed by atoms with Gasteiger partial charge in [-0.25, -0.2) is 4.79 Å². The van der Waals surface area contributed by atoms with Gasteiger partial charge < -0.3 is 15.1 Å². The monoisotopic (exact) mass is 301 g/mol. The highest BCUT2D eigenvalue weighted by Crippen LogP contribution is 2.09. The molecule has 22 heavy (non-hydrogen) atoms. The third kappa shape index (κ3) is 4.51. The van der Waals surface area contributed by atoms with Crippen LogP contribution >= 0.6 is 0 Å². The molecule has 6 heteroatoms. The van der Waals surface area contributed by atoms with Crippen LogP contribution in [-0.4, -0.2) is 47.9 Å². The molecule has 118 valence electrons. The number of nitrogens with one attached hydrogen (secondary N) is 1. The van der Waals surface area contributed by atoms with Gasteiger partial charge in [0, 0.05) is 51.7 Å². The Labute approximate surface area is 131 Å². The van der Waals surface area contributed by atoms with Crippen LogP contribution in [0.3, 0.4) is 0 Å². The van der Waals surface area contributed by atoms with E-state index in [1.807, 2.05) is 38.5 Å². The van der Waals surface area contributed by atoms with Crippen molar-refractivity contribution in [2.75, 3.05) is 32.1 Å². The molecule has 0 spiro atoms. The SMILES string of the molecule is CN(Cc1cnn(C)c1)C(=O)NCCN(C)c1ccccc1. The topological polar surface area (TPSA) is 53.4 Å². The summed E-state index contributed by atoms with van der Waals surface area (Å²) in [5, 5.41) is 7.03. The van der Waals surface area contributed by atoms with Gasteiger partial charge in [-0.1, -0.05) is 18.2 Å². The predicted octanol–water partition coefficient (Wildman–Crippen LogP) is 1.70. The lowest BCUT2D eigenvalue weighted by molar-refractivity contribution is 0.207. The highest BCUT2D eigenvalue weighted by Gasteiger charge is 2.09. The summed E-state index contributed by atoms with van der Waals surface area (Å²) in [5.41, 5.74) is 2.15. The smallest absolute Gasteiger partial charge is 0.317 e. The van der Waals surface area contributed by atoms with Gasteiger partial charge in [0.25, 0.3) is 0 Å². The molecule has 2 amide bonds. The quantitative estimate of drug-likeness (QED) is 0.883. The maximum atomic E-state index is 12.0. The van der Waals surface area contributed by atoms with E-state index in [-0.39, 0.29) is 6.03 Å². The van der Waals surface area contributed by atoms with E-state index in [1.54, 1.807) is 22.8 Å². The van der Waals surface area contributed by atoms with Gasteiger partial charge in [-0.3, -0.25) is 4.68 Å². The number of carbonyl (C=O) groups is 1.